The minimum absolute atomic E-state index is 0.0288. The number of sulfonamides is 1. The molecule has 0 unspecified atom stereocenters. The van der Waals surface area contributed by atoms with Gasteiger partial charge in [0.05, 0.1) is 27.8 Å². The average molecular weight is 397 g/mol. The van der Waals surface area contributed by atoms with Crippen molar-refractivity contribution in [3.05, 3.63) is 53.1 Å². The molecule has 0 aliphatic rings. The predicted octanol–water partition coefficient (Wildman–Crippen LogP) is 3.68. The van der Waals surface area contributed by atoms with E-state index in [1.807, 2.05) is 6.92 Å². The number of benzene rings is 2. The van der Waals surface area contributed by atoms with E-state index in [0.717, 1.165) is 0 Å². The number of carbonyl (C=O) groups excluding carboxylic acids is 1. The maximum atomic E-state index is 12.6. The van der Waals surface area contributed by atoms with Crippen molar-refractivity contribution in [3.63, 3.8) is 0 Å². The summed E-state index contributed by atoms with van der Waals surface area (Å²) in [7, 11) is -3.74. The van der Waals surface area contributed by atoms with Crippen LogP contribution in [0.4, 0.5) is 5.69 Å². The monoisotopic (exact) mass is 396 g/mol. The largest absolute Gasteiger partial charge is 0.492 e. The molecule has 2 aromatic carbocycles. The van der Waals surface area contributed by atoms with Crippen molar-refractivity contribution in [2.75, 3.05) is 11.9 Å². The first-order valence-corrected chi connectivity index (χ1v) is 9.95. The van der Waals surface area contributed by atoms with Gasteiger partial charge in [-0.2, -0.15) is 0 Å². The zero-order valence-corrected chi connectivity index (χ0v) is 16.3. The van der Waals surface area contributed by atoms with Crippen LogP contribution in [0.3, 0.4) is 0 Å². The van der Waals surface area contributed by atoms with Gasteiger partial charge in [0.2, 0.25) is 10.0 Å². The zero-order valence-electron chi connectivity index (χ0n) is 14.7. The minimum atomic E-state index is -3.74. The number of carbonyl (C=O) groups is 1. The maximum absolute atomic E-state index is 12.6. The Morgan fingerprint density at radius 3 is 2.54 bits per heavy atom. The summed E-state index contributed by atoms with van der Waals surface area (Å²) < 4.78 is 32.6. The van der Waals surface area contributed by atoms with Gasteiger partial charge in [-0.3, -0.25) is 4.79 Å². The van der Waals surface area contributed by atoms with Gasteiger partial charge in [-0.15, -0.1) is 0 Å². The SMILES string of the molecule is CCOc1ccccc1NC(=O)c1cc(S(=O)(=O)NC(C)C)ccc1Cl. The molecule has 0 spiro atoms. The van der Waals surface area contributed by atoms with E-state index in [0.29, 0.717) is 18.0 Å². The van der Waals surface area contributed by atoms with Crippen LogP contribution in [0.5, 0.6) is 5.75 Å². The molecule has 0 saturated carbocycles. The molecule has 0 saturated heterocycles. The molecule has 0 radical (unpaired) electrons. The lowest BCUT2D eigenvalue weighted by Crippen LogP contribution is -2.30. The van der Waals surface area contributed by atoms with Crippen LogP contribution in [0, 0.1) is 0 Å². The van der Waals surface area contributed by atoms with Gasteiger partial charge in [0.15, 0.2) is 0 Å². The third-order valence-corrected chi connectivity index (χ3v) is 5.30. The fourth-order valence-corrected chi connectivity index (χ4v) is 3.75. The van der Waals surface area contributed by atoms with Gasteiger partial charge in [-0.1, -0.05) is 23.7 Å². The van der Waals surface area contributed by atoms with Crippen LogP contribution in [0.1, 0.15) is 31.1 Å². The van der Waals surface area contributed by atoms with Crippen molar-refractivity contribution in [1.29, 1.82) is 0 Å². The summed E-state index contributed by atoms with van der Waals surface area (Å²) in [5.74, 6) is -0.00604. The molecule has 140 valence electrons. The van der Waals surface area contributed by atoms with E-state index < -0.39 is 15.9 Å². The molecule has 0 aliphatic heterocycles. The number of hydrogen-bond acceptors (Lipinski definition) is 4. The van der Waals surface area contributed by atoms with Crippen LogP contribution in [0.25, 0.3) is 0 Å². The Balaban J connectivity index is 2.34. The third kappa shape index (κ3) is 4.97. The molecule has 6 nitrogen and oxygen atoms in total. The van der Waals surface area contributed by atoms with Gasteiger partial charge < -0.3 is 10.1 Å². The number of halogens is 1. The highest BCUT2D eigenvalue weighted by Crippen LogP contribution is 2.26. The van der Waals surface area contributed by atoms with Crippen molar-refractivity contribution in [3.8, 4) is 5.75 Å². The second-order valence-corrected chi connectivity index (χ2v) is 7.92. The second-order valence-electron chi connectivity index (χ2n) is 5.80. The molecule has 2 rings (SSSR count). The lowest BCUT2D eigenvalue weighted by Gasteiger charge is -2.13. The van der Waals surface area contributed by atoms with Gasteiger partial charge >= 0.3 is 0 Å². The van der Waals surface area contributed by atoms with Gasteiger partial charge in [-0.05, 0) is 51.1 Å². The molecule has 26 heavy (non-hydrogen) atoms. The Morgan fingerprint density at radius 1 is 1.19 bits per heavy atom. The number of para-hydroxylation sites is 2. The highest BCUT2D eigenvalue weighted by molar-refractivity contribution is 7.89. The van der Waals surface area contributed by atoms with Gasteiger partial charge in [0, 0.05) is 6.04 Å². The van der Waals surface area contributed by atoms with Crippen LogP contribution < -0.4 is 14.8 Å². The Hall–Kier alpha value is -2.09. The second kappa shape index (κ2) is 8.53. The Bertz CT molecular complexity index is 898. The molecule has 0 aromatic heterocycles. The van der Waals surface area contributed by atoms with Crippen LogP contribution in [0.15, 0.2) is 47.4 Å². The first-order valence-electron chi connectivity index (χ1n) is 8.09. The fourth-order valence-electron chi connectivity index (χ4n) is 2.26. The third-order valence-electron chi connectivity index (χ3n) is 3.32. The summed E-state index contributed by atoms with van der Waals surface area (Å²) in [5, 5.41) is 2.86. The van der Waals surface area contributed by atoms with Crippen LogP contribution in [-0.4, -0.2) is 27.0 Å². The first kappa shape index (κ1) is 20.2. The topological polar surface area (TPSA) is 84.5 Å². The van der Waals surface area contributed by atoms with E-state index in [4.69, 9.17) is 16.3 Å². The number of hydrogen-bond donors (Lipinski definition) is 2. The molecule has 2 aromatic rings. The molecule has 8 heteroatoms. The molecular weight excluding hydrogens is 376 g/mol. The van der Waals surface area contributed by atoms with Crippen molar-refractivity contribution < 1.29 is 17.9 Å². The lowest BCUT2D eigenvalue weighted by molar-refractivity contribution is 0.102. The standard InChI is InChI=1S/C18H21ClN2O4S/c1-4-25-17-8-6-5-7-16(17)20-18(22)14-11-13(9-10-15(14)19)26(23,24)21-12(2)3/h5-12,21H,4H2,1-3H3,(H,20,22). The molecule has 0 fully saturated rings. The number of rotatable bonds is 7. The maximum Gasteiger partial charge on any atom is 0.257 e. The summed E-state index contributed by atoms with van der Waals surface area (Å²) in [4.78, 5) is 12.6. The minimum Gasteiger partial charge on any atom is -0.492 e. The molecule has 0 bridgehead atoms. The average Bonchev–Trinajstić information content (AvgIpc) is 2.55. The Kier molecular flexibility index (Phi) is 6.63. The summed E-state index contributed by atoms with van der Waals surface area (Å²) in [6.07, 6.45) is 0. The van der Waals surface area contributed by atoms with E-state index in [2.05, 4.69) is 10.0 Å². The van der Waals surface area contributed by atoms with E-state index in [-0.39, 0.29) is 21.5 Å². The summed E-state index contributed by atoms with van der Waals surface area (Å²) >= 11 is 6.11. The zero-order chi connectivity index (χ0) is 19.3. The van der Waals surface area contributed by atoms with E-state index in [1.54, 1.807) is 38.1 Å². The van der Waals surface area contributed by atoms with Crippen LogP contribution in [-0.2, 0) is 10.0 Å². The van der Waals surface area contributed by atoms with E-state index >= 15 is 0 Å². The lowest BCUT2D eigenvalue weighted by atomic mass is 10.2. The van der Waals surface area contributed by atoms with E-state index in [9.17, 15) is 13.2 Å². The molecular formula is C18H21ClN2O4S. The Labute approximate surface area is 158 Å². The number of amides is 1. The smallest absolute Gasteiger partial charge is 0.257 e. The van der Waals surface area contributed by atoms with E-state index in [1.165, 1.54) is 18.2 Å². The van der Waals surface area contributed by atoms with Crippen molar-refractivity contribution >= 4 is 33.2 Å². The fraction of sp³-hybridized carbons (Fsp3) is 0.278. The number of anilines is 1. The van der Waals surface area contributed by atoms with Crippen molar-refractivity contribution in [2.45, 2.75) is 31.7 Å². The first-order chi connectivity index (χ1) is 12.2. The summed E-state index contributed by atoms with van der Waals surface area (Å²) in [6.45, 7) is 5.71. The molecule has 0 atom stereocenters. The molecule has 0 heterocycles. The molecule has 2 N–H and O–H groups in total. The normalized spacial score (nSPS) is 11.4. The van der Waals surface area contributed by atoms with Gasteiger partial charge in [-0.25, -0.2) is 13.1 Å². The van der Waals surface area contributed by atoms with Crippen LogP contribution >= 0.6 is 11.6 Å². The van der Waals surface area contributed by atoms with Crippen molar-refractivity contribution in [1.82, 2.24) is 4.72 Å². The quantitative estimate of drug-likeness (QED) is 0.747. The summed E-state index contributed by atoms with van der Waals surface area (Å²) in [5.41, 5.74) is 0.536. The van der Waals surface area contributed by atoms with Crippen molar-refractivity contribution in [2.24, 2.45) is 0 Å². The molecule has 0 aliphatic carbocycles. The number of nitrogens with one attached hydrogen (secondary N) is 2. The highest BCUT2D eigenvalue weighted by Gasteiger charge is 2.20. The number of ether oxygens (including phenoxy) is 1. The predicted molar refractivity (Wildman–Crippen MR) is 102 cm³/mol. The highest BCUT2D eigenvalue weighted by atomic mass is 35.5. The molecule has 1 amide bonds. The van der Waals surface area contributed by atoms with Gasteiger partial charge in [0.1, 0.15) is 5.75 Å². The summed E-state index contributed by atoms with van der Waals surface area (Å²) in [6, 6.07) is 10.7. The Morgan fingerprint density at radius 2 is 1.88 bits per heavy atom. The van der Waals surface area contributed by atoms with Gasteiger partial charge in [0.25, 0.3) is 5.91 Å². The van der Waals surface area contributed by atoms with Crippen LogP contribution in [0.2, 0.25) is 5.02 Å².